The van der Waals surface area contributed by atoms with Gasteiger partial charge < -0.3 is 24.3 Å². The van der Waals surface area contributed by atoms with Crippen LogP contribution in [-0.4, -0.2) is 84.9 Å². The van der Waals surface area contributed by atoms with E-state index in [0.717, 1.165) is 0 Å². The zero-order chi connectivity index (χ0) is 31.1. The van der Waals surface area contributed by atoms with E-state index < -0.39 is 38.5 Å². The maximum atomic E-state index is 13.8. The van der Waals surface area contributed by atoms with E-state index in [9.17, 15) is 19.4 Å². The summed E-state index contributed by atoms with van der Waals surface area (Å²) < 4.78 is 30.2. The molecule has 2 N–H and O–H groups in total. The predicted molar refractivity (Wildman–Crippen MR) is 159 cm³/mol. The Balaban J connectivity index is 1.48. The van der Waals surface area contributed by atoms with Crippen LogP contribution in [0.4, 0.5) is 9.18 Å². The summed E-state index contributed by atoms with van der Waals surface area (Å²) in [6.45, 7) is 13.2. The van der Waals surface area contributed by atoms with Crippen LogP contribution in [0, 0.1) is 12.7 Å². The molecule has 5 rings (SSSR count). The Labute approximate surface area is 250 Å². The molecular weight excluding hydrogens is 573 g/mol. The zero-order valence-corrected chi connectivity index (χ0v) is 26.2. The van der Waals surface area contributed by atoms with Crippen molar-refractivity contribution in [3.05, 3.63) is 60.1 Å². The number of aliphatic hydroxyl groups is 1. The van der Waals surface area contributed by atoms with Crippen molar-refractivity contribution in [1.29, 1.82) is 0 Å². The van der Waals surface area contributed by atoms with Gasteiger partial charge in [-0.2, -0.15) is 5.10 Å². The fraction of sp³-hybridized carbons (Fsp3) is 0.483. The highest BCUT2D eigenvalue weighted by molar-refractivity contribution is 6.74. The molecule has 0 spiro atoms. The van der Waals surface area contributed by atoms with Gasteiger partial charge in [-0.1, -0.05) is 26.0 Å². The first-order chi connectivity index (χ1) is 20.2. The molecule has 0 aliphatic carbocycles. The molecule has 1 fully saturated rings. The van der Waals surface area contributed by atoms with Gasteiger partial charge in [-0.05, 0) is 55.7 Å². The molecule has 4 aromatic rings. The predicted octanol–water partition coefficient (Wildman–Crippen LogP) is 4.86. The zero-order valence-electron chi connectivity index (χ0n) is 25.2. The van der Waals surface area contributed by atoms with Crippen LogP contribution in [0.1, 0.15) is 50.7 Å². The third kappa shape index (κ3) is 6.26. The van der Waals surface area contributed by atoms with E-state index in [2.05, 4.69) is 54.3 Å². The number of carboxylic acid groups (broad SMARTS) is 1. The lowest BCUT2D eigenvalue weighted by molar-refractivity contribution is 0.0242. The van der Waals surface area contributed by atoms with Crippen molar-refractivity contribution >= 4 is 19.9 Å². The first kappa shape index (κ1) is 30.6. The molecule has 12 nitrogen and oxygen atoms in total. The highest BCUT2D eigenvalue weighted by atomic mass is 28.4. The van der Waals surface area contributed by atoms with Crippen LogP contribution >= 0.6 is 0 Å². The van der Waals surface area contributed by atoms with Crippen molar-refractivity contribution in [3.8, 4) is 17.0 Å². The Morgan fingerprint density at radius 2 is 2.02 bits per heavy atom. The number of nitrogens with zero attached hydrogens (tertiary/aromatic N) is 7. The molecule has 1 unspecified atom stereocenters. The van der Waals surface area contributed by atoms with Crippen LogP contribution in [0.25, 0.3) is 16.8 Å². The molecule has 1 amide bonds. The number of pyridine rings is 2. The molecule has 0 saturated carbocycles. The summed E-state index contributed by atoms with van der Waals surface area (Å²) in [5, 5.41) is 33.2. The minimum atomic E-state index is -2.15. The van der Waals surface area contributed by atoms with Crippen molar-refractivity contribution in [3.63, 3.8) is 0 Å². The molecule has 230 valence electrons. The number of hydrogen-bond acceptors (Lipinski definition) is 8. The molecule has 0 aromatic carbocycles. The Bertz CT molecular complexity index is 1600. The molecule has 1 aliphatic heterocycles. The SMILES string of the molecule is Cc1c(-c2cc(OC(CO[Si](C)(C)C(C)(C)C)c3ccc(F)cn3)c3ccnn3c2)nnn1[C@H]1CCN(C(=O)O)C[C@H]1O. The second-order valence-corrected chi connectivity index (χ2v) is 17.3. The van der Waals surface area contributed by atoms with Gasteiger partial charge in [0.15, 0.2) is 14.4 Å². The van der Waals surface area contributed by atoms with Crippen molar-refractivity contribution in [2.75, 3.05) is 19.7 Å². The number of carbonyl (C=O) groups is 1. The first-order valence-electron chi connectivity index (χ1n) is 14.2. The molecular formula is C29H38FN7O5Si. The van der Waals surface area contributed by atoms with Gasteiger partial charge in [-0.15, -0.1) is 5.10 Å². The average molecular weight is 612 g/mol. The van der Waals surface area contributed by atoms with Crippen molar-refractivity contribution in [2.24, 2.45) is 0 Å². The van der Waals surface area contributed by atoms with E-state index in [1.807, 2.05) is 25.3 Å². The third-order valence-corrected chi connectivity index (χ3v) is 13.1. The number of halogens is 1. The largest absolute Gasteiger partial charge is 0.479 e. The summed E-state index contributed by atoms with van der Waals surface area (Å²) in [5.74, 6) is 0.0685. The first-order valence-corrected chi connectivity index (χ1v) is 17.1. The van der Waals surface area contributed by atoms with Crippen LogP contribution in [0.2, 0.25) is 18.1 Å². The van der Waals surface area contributed by atoms with Crippen LogP contribution < -0.4 is 4.74 Å². The fourth-order valence-corrected chi connectivity index (χ4v) is 5.93. The second kappa shape index (κ2) is 11.7. The van der Waals surface area contributed by atoms with E-state index in [0.29, 0.717) is 46.9 Å². The summed E-state index contributed by atoms with van der Waals surface area (Å²) >= 11 is 0. The number of fused-ring (bicyclic) bond motifs is 1. The smallest absolute Gasteiger partial charge is 0.407 e. The third-order valence-electron chi connectivity index (χ3n) is 8.55. The van der Waals surface area contributed by atoms with Crippen molar-refractivity contribution in [1.82, 2.24) is 34.5 Å². The van der Waals surface area contributed by atoms with E-state index in [-0.39, 0.29) is 18.2 Å². The minimum Gasteiger partial charge on any atom is -0.479 e. The summed E-state index contributed by atoms with van der Waals surface area (Å²) in [7, 11) is -2.15. The molecule has 0 bridgehead atoms. The molecule has 43 heavy (non-hydrogen) atoms. The summed E-state index contributed by atoms with van der Waals surface area (Å²) in [6.07, 6.45) is 2.46. The normalized spacial score (nSPS) is 18.7. The molecule has 0 radical (unpaired) electrons. The summed E-state index contributed by atoms with van der Waals surface area (Å²) in [4.78, 5) is 16.9. The van der Waals surface area contributed by atoms with E-state index in [1.165, 1.54) is 17.2 Å². The molecule has 1 aliphatic rings. The Morgan fingerprint density at radius 3 is 2.67 bits per heavy atom. The van der Waals surface area contributed by atoms with Crippen LogP contribution in [0.15, 0.2) is 42.9 Å². The fourth-order valence-electron chi connectivity index (χ4n) is 4.93. The number of aliphatic hydroxyl groups excluding tert-OH is 1. The lowest BCUT2D eigenvalue weighted by Crippen LogP contribution is -2.47. The van der Waals surface area contributed by atoms with Gasteiger partial charge in [0, 0.05) is 18.3 Å². The Morgan fingerprint density at radius 1 is 1.26 bits per heavy atom. The number of aromatic nitrogens is 6. The summed E-state index contributed by atoms with van der Waals surface area (Å²) in [6, 6.07) is 6.22. The van der Waals surface area contributed by atoms with Crippen molar-refractivity contribution in [2.45, 2.75) is 70.5 Å². The van der Waals surface area contributed by atoms with Gasteiger partial charge in [-0.25, -0.2) is 18.4 Å². The number of amides is 1. The molecule has 5 heterocycles. The van der Waals surface area contributed by atoms with Gasteiger partial charge in [-0.3, -0.25) is 4.98 Å². The standard InChI is InChI=1S/C29H38FN7O5Si/c1-18-27(33-34-37(18)22-10-12-35(28(39)40)16-24(22)38)19-13-25(23-9-11-32-36(23)15-19)42-26(21-8-7-20(30)14-31-21)17-41-43(5,6)29(2,3)4/h7-9,11,13-15,22,24,26,38H,10,12,16-17H2,1-6H3,(H,39,40)/t22-,24+,26?/m0/s1. The second-order valence-electron chi connectivity index (χ2n) is 12.5. The highest BCUT2D eigenvalue weighted by Gasteiger charge is 2.38. The van der Waals surface area contributed by atoms with Crippen LogP contribution in [0.3, 0.4) is 0 Å². The number of β-amino-alcohol motifs (C(OH)–C–C–N with tert-alkyl or cyclic N) is 1. The van der Waals surface area contributed by atoms with Crippen molar-refractivity contribution < 1.29 is 28.6 Å². The molecule has 14 heteroatoms. The quantitative estimate of drug-likeness (QED) is 0.267. The monoisotopic (exact) mass is 611 g/mol. The van der Waals surface area contributed by atoms with Crippen LogP contribution in [0.5, 0.6) is 5.75 Å². The lowest BCUT2D eigenvalue weighted by Gasteiger charge is -2.37. The average Bonchev–Trinajstić information content (AvgIpc) is 3.57. The maximum Gasteiger partial charge on any atom is 0.407 e. The number of hydrogen-bond donors (Lipinski definition) is 2. The number of piperidine rings is 1. The van der Waals surface area contributed by atoms with Gasteiger partial charge in [0.2, 0.25) is 0 Å². The molecule has 1 saturated heterocycles. The number of likely N-dealkylation sites (tertiary alicyclic amines) is 1. The molecule has 4 aromatic heterocycles. The minimum absolute atomic E-state index is 0.00161. The molecule has 3 atom stereocenters. The summed E-state index contributed by atoms with van der Waals surface area (Å²) in [5.41, 5.74) is 3.22. The Hall–Kier alpha value is -3.88. The lowest BCUT2D eigenvalue weighted by atomic mass is 10.0. The van der Waals surface area contributed by atoms with E-state index in [1.54, 1.807) is 21.5 Å². The van der Waals surface area contributed by atoms with E-state index in [4.69, 9.17) is 9.16 Å². The van der Waals surface area contributed by atoms with Crippen LogP contribution in [-0.2, 0) is 4.43 Å². The number of ether oxygens (including phenoxy) is 1. The highest BCUT2D eigenvalue weighted by Crippen LogP contribution is 2.38. The maximum absolute atomic E-state index is 13.8. The van der Waals surface area contributed by atoms with Gasteiger partial charge in [0.05, 0.1) is 49.1 Å². The topological polar surface area (TPSA) is 140 Å². The van der Waals surface area contributed by atoms with Gasteiger partial charge in [0.1, 0.15) is 22.8 Å². The van der Waals surface area contributed by atoms with E-state index >= 15 is 0 Å². The van der Waals surface area contributed by atoms with Gasteiger partial charge >= 0.3 is 6.09 Å². The number of rotatable bonds is 8. The Kier molecular flexibility index (Phi) is 8.29. The van der Waals surface area contributed by atoms with Gasteiger partial charge in [0.25, 0.3) is 0 Å².